The Morgan fingerprint density at radius 2 is 1.71 bits per heavy atom. The predicted molar refractivity (Wildman–Crippen MR) is 84.8 cm³/mol. The first kappa shape index (κ1) is 15.9. The number of fused-ring (bicyclic) bond motifs is 1. The molecule has 1 fully saturated rings. The normalized spacial score (nSPS) is 20.4. The van der Waals surface area contributed by atoms with E-state index in [1.165, 1.54) is 0 Å². The first-order valence-corrected chi connectivity index (χ1v) is 7.81. The van der Waals surface area contributed by atoms with Gasteiger partial charge in [-0.15, -0.1) is 12.3 Å². The maximum Gasteiger partial charge on any atom is 0.262 e. The molecule has 0 aliphatic carbocycles. The zero-order chi connectivity index (χ0) is 17.3. The SMILES string of the molecule is C#CCCCN1C(=O)CCC(N2C(=O)c3ccccc3C2=O)C1=O. The molecule has 122 valence electrons. The van der Waals surface area contributed by atoms with Gasteiger partial charge in [0, 0.05) is 19.4 Å². The maximum atomic E-state index is 12.7. The largest absolute Gasteiger partial charge is 0.281 e. The van der Waals surface area contributed by atoms with Gasteiger partial charge in [0.2, 0.25) is 5.91 Å². The first-order chi connectivity index (χ1) is 11.6. The van der Waals surface area contributed by atoms with Crippen LogP contribution in [0, 0.1) is 12.3 Å². The number of likely N-dealkylation sites (tertiary alicyclic amines) is 1. The van der Waals surface area contributed by atoms with E-state index in [4.69, 9.17) is 6.42 Å². The topological polar surface area (TPSA) is 74.8 Å². The van der Waals surface area contributed by atoms with Crippen LogP contribution < -0.4 is 0 Å². The summed E-state index contributed by atoms with van der Waals surface area (Å²) in [6, 6.07) is 5.55. The number of unbranched alkanes of at least 4 members (excludes halogenated alkanes) is 1. The molecule has 1 aromatic carbocycles. The lowest BCUT2D eigenvalue weighted by molar-refractivity contribution is -0.151. The molecule has 1 aromatic rings. The summed E-state index contributed by atoms with van der Waals surface area (Å²) in [6.45, 7) is 0.210. The van der Waals surface area contributed by atoms with Gasteiger partial charge >= 0.3 is 0 Å². The van der Waals surface area contributed by atoms with Gasteiger partial charge in [-0.2, -0.15) is 0 Å². The number of carbonyl (C=O) groups is 4. The second-order valence-corrected chi connectivity index (χ2v) is 5.77. The fourth-order valence-corrected chi connectivity index (χ4v) is 3.13. The summed E-state index contributed by atoms with van der Waals surface area (Å²) in [6.07, 6.45) is 6.43. The fraction of sp³-hybridized carbons (Fsp3) is 0.333. The van der Waals surface area contributed by atoms with Crippen LogP contribution in [-0.2, 0) is 9.59 Å². The highest BCUT2D eigenvalue weighted by atomic mass is 16.2. The van der Waals surface area contributed by atoms with Gasteiger partial charge < -0.3 is 0 Å². The molecule has 1 saturated heterocycles. The van der Waals surface area contributed by atoms with Crippen molar-refractivity contribution in [2.24, 2.45) is 0 Å². The second-order valence-electron chi connectivity index (χ2n) is 5.77. The highest BCUT2D eigenvalue weighted by Gasteiger charge is 2.46. The number of nitrogens with zero attached hydrogens (tertiary/aromatic N) is 2. The van der Waals surface area contributed by atoms with E-state index in [2.05, 4.69) is 5.92 Å². The molecule has 0 N–H and O–H groups in total. The molecule has 2 aliphatic rings. The lowest BCUT2D eigenvalue weighted by Gasteiger charge is -2.34. The Morgan fingerprint density at radius 3 is 2.29 bits per heavy atom. The van der Waals surface area contributed by atoms with E-state index >= 15 is 0 Å². The Bertz CT molecular complexity index is 742. The molecular weight excluding hydrogens is 308 g/mol. The van der Waals surface area contributed by atoms with Crippen LogP contribution in [0.1, 0.15) is 46.4 Å². The number of rotatable bonds is 4. The molecule has 4 amide bonds. The van der Waals surface area contributed by atoms with E-state index in [1.807, 2.05) is 0 Å². The van der Waals surface area contributed by atoms with Gasteiger partial charge in [-0.05, 0) is 25.0 Å². The van der Waals surface area contributed by atoms with Gasteiger partial charge in [0.1, 0.15) is 6.04 Å². The molecule has 0 spiro atoms. The molecule has 0 bridgehead atoms. The molecule has 6 nitrogen and oxygen atoms in total. The second kappa shape index (κ2) is 6.28. The van der Waals surface area contributed by atoms with Gasteiger partial charge in [0.15, 0.2) is 0 Å². The number of amides is 4. The number of hydrogen-bond donors (Lipinski definition) is 0. The molecule has 1 unspecified atom stereocenters. The van der Waals surface area contributed by atoms with Crippen molar-refractivity contribution in [2.75, 3.05) is 6.54 Å². The fourth-order valence-electron chi connectivity index (χ4n) is 3.13. The molecule has 6 heteroatoms. The van der Waals surface area contributed by atoms with Crippen molar-refractivity contribution in [3.8, 4) is 12.3 Å². The molecule has 24 heavy (non-hydrogen) atoms. The number of benzene rings is 1. The number of imide groups is 2. The minimum Gasteiger partial charge on any atom is -0.281 e. The van der Waals surface area contributed by atoms with Crippen LogP contribution in [0.2, 0.25) is 0 Å². The van der Waals surface area contributed by atoms with Crippen molar-refractivity contribution in [2.45, 2.75) is 31.7 Å². The van der Waals surface area contributed by atoms with Crippen molar-refractivity contribution in [1.29, 1.82) is 0 Å². The molecule has 0 aromatic heterocycles. The zero-order valence-corrected chi connectivity index (χ0v) is 13.0. The third-order valence-electron chi connectivity index (χ3n) is 4.32. The zero-order valence-electron chi connectivity index (χ0n) is 13.0. The summed E-state index contributed by atoms with van der Waals surface area (Å²) < 4.78 is 0. The van der Waals surface area contributed by atoms with Crippen LogP contribution in [0.3, 0.4) is 0 Å². The van der Waals surface area contributed by atoms with E-state index in [9.17, 15) is 19.2 Å². The van der Waals surface area contributed by atoms with Gasteiger partial charge in [-0.1, -0.05) is 12.1 Å². The standard InChI is InChI=1S/C18H16N2O4/c1-2-3-6-11-19-15(21)10-9-14(18(19)24)20-16(22)12-7-4-5-8-13(12)17(20)23/h1,4-5,7-8,14H,3,6,9-11H2. The summed E-state index contributed by atoms with van der Waals surface area (Å²) in [5, 5.41) is 0. The monoisotopic (exact) mass is 324 g/mol. The molecule has 1 atom stereocenters. The number of carbonyl (C=O) groups excluding carboxylic acids is 4. The van der Waals surface area contributed by atoms with E-state index in [0.29, 0.717) is 24.0 Å². The van der Waals surface area contributed by atoms with E-state index in [-0.39, 0.29) is 25.3 Å². The number of terminal acetylenes is 1. The van der Waals surface area contributed by atoms with E-state index in [0.717, 1.165) is 9.80 Å². The van der Waals surface area contributed by atoms with Gasteiger partial charge in [0.25, 0.3) is 17.7 Å². The van der Waals surface area contributed by atoms with Crippen molar-refractivity contribution in [3.05, 3.63) is 35.4 Å². The van der Waals surface area contributed by atoms with E-state index in [1.54, 1.807) is 24.3 Å². The summed E-state index contributed by atoms with van der Waals surface area (Å²) >= 11 is 0. The Hall–Kier alpha value is -2.94. The molecule has 2 heterocycles. The quantitative estimate of drug-likeness (QED) is 0.474. The number of piperidine rings is 1. The van der Waals surface area contributed by atoms with Gasteiger partial charge in [-0.3, -0.25) is 29.0 Å². The summed E-state index contributed by atoms with van der Waals surface area (Å²) in [4.78, 5) is 51.8. The number of hydrogen-bond acceptors (Lipinski definition) is 4. The smallest absolute Gasteiger partial charge is 0.262 e. The minimum absolute atomic E-state index is 0.125. The Kier molecular flexibility index (Phi) is 4.17. The van der Waals surface area contributed by atoms with Crippen LogP contribution in [0.15, 0.2) is 24.3 Å². The van der Waals surface area contributed by atoms with Crippen LogP contribution in [0.4, 0.5) is 0 Å². The molecule has 3 rings (SSSR count). The van der Waals surface area contributed by atoms with Crippen LogP contribution in [0.5, 0.6) is 0 Å². The predicted octanol–water partition coefficient (Wildman–Crippen LogP) is 1.21. The van der Waals surface area contributed by atoms with Crippen molar-refractivity contribution >= 4 is 23.6 Å². The highest BCUT2D eigenvalue weighted by molar-refractivity contribution is 6.23. The lowest BCUT2D eigenvalue weighted by Crippen LogP contribution is -2.56. The summed E-state index contributed by atoms with van der Waals surface area (Å²) in [5.74, 6) is 0.713. The van der Waals surface area contributed by atoms with E-state index < -0.39 is 23.8 Å². The average molecular weight is 324 g/mol. The minimum atomic E-state index is -0.930. The molecule has 0 radical (unpaired) electrons. The van der Waals surface area contributed by atoms with Crippen molar-refractivity contribution < 1.29 is 19.2 Å². The molecular formula is C18H16N2O4. The summed E-state index contributed by atoms with van der Waals surface area (Å²) in [7, 11) is 0. The van der Waals surface area contributed by atoms with Gasteiger partial charge in [0.05, 0.1) is 11.1 Å². The first-order valence-electron chi connectivity index (χ1n) is 7.81. The van der Waals surface area contributed by atoms with Crippen molar-refractivity contribution in [3.63, 3.8) is 0 Å². The van der Waals surface area contributed by atoms with Crippen molar-refractivity contribution in [1.82, 2.24) is 9.80 Å². The maximum absolute atomic E-state index is 12.7. The van der Waals surface area contributed by atoms with Crippen LogP contribution in [-0.4, -0.2) is 46.0 Å². The van der Waals surface area contributed by atoms with Crippen LogP contribution >= 0.6 is 0 Å². The lowest BCUT2D eigenvalue weighted by atomic mass is 10.0. The summed E-state index contributed by atoms with van der Waals surface area (Å²) in [5.41, 5.74) is 0.595. The Morgan fingerprint density at radius 1 is 1.08 bits per heavy atom. The third-order valence-corrected chi connectivity index (χ3v) is 4.32. The average Bonchev–Trinajstić information content (AvgIpc) is 2.83. The Labute approximate surface area is 139 Å². The van der Waals surface area contributed by atoms with Crippen LogP contribution in [0.25, 0.3) is 0 Å². The highest BCUT2D eigenvalue weighted by Crippen LogP contribution is 2.29. The Balaban J connectivity index is 1.84. The van der Waals surface area contributed by atoms with Gasteiger partial charge in [-0.25, -0.2) is 0 Å². The third kappa shape index (κ3) is 2.48. The molecule has 2 aliphatic heterocycles. The molecule has 0 saturated carbocycles.